The van der Waals surface area contributed by atoms with Crippen LogP contribution in [0.25, 0.3) is 0 Å². The van der Waals surface area contributed by atoms with E-state index in [1.807, 2.05) is 18.2 Å². The van der Waals surface area contributed by atoms with Gasteiger partial charge in [0.2, 0.25) is 5.91 Å². The first kappa shape index (κ1) is 13.2. The number of nitrogens with one attached hydrogen (secondary N) is 1. The molecule has 1 aliphatic heterocycles. The number of para-hydroxylation sites is 1. The van der Waals surface area contributed by atoms with Crippen LogP contribution in [0.15, 0.2) is 30.3 Å². The molecule has 1 amide bonds. The Hall–Kier alpha value is -1.22. The fraction of sp³-hybridized carbons (Fsp3) is 0.500. The summed E-state index contributed by atoms with van der Waals surface area (Å²) in [6, 6.07) is 10.9. The Morgan fingerprint density at radius 1 is 1.44 bits per heavy atom. The van der Waals surface area contributed by atoms with E-state index in [4.69, 9.17) is 11.6 Å². The molecule has 0 saturated carbocycles. The number of anilines is 1. The molecule has 1 N–H and O–H groups in total. The predicted molar refractivity (Wildman–Crippen MR) is 75.1 cm³/mol. The van der Waals surface area contributed by atoms with Crippen LogP contribution in [0.2, 0.25) is 0 Å². The molecule has 1 aromatic rings. The van der Waals surface area contributed by atoms with E-state index in [0.29, 0.717) is 6.04 Å². The lowest BCUT2D eigenvalue weighted by Gasteiger charge is -2.23. The first-order valence-corrected chi connectivity index (χ1v) is 6.77. The van der Waals surface area contributed by atoms with E-state index in [2.05, 4.69) is 29.3 Å². The van der Waals surface area contributed by atoms with Crippen molar-refractivity contribution in [1.29, 1.82) is 0 Å². The van der Waals surface area contributed by atoms with Gasteiger partial charge in [0.1, 0.15) is 5.38 Å². The molecule has 2 rings (SSSR count). The van der Waals surface area contributed by atoms with Gasteiger partial charge in [0.15, 0.2) is 0 Å². The van der Waals surface area contributed by atoms with Crippen molar-refractivity contribution in [2.24, 2.45) is 0 Å². The van der Waals surface area contributed by atoms with Crippen molar-refractivity contribution in [3.8, 4) is 0 Å². The predicted octanol–water partition coefficient (Wildman–Crippen LogP) is 2.40. The molecule has 3 atom stereocenters. The second kappa shape index (κ2) is 5.61. The molecule has 18 heavy (non-hydrogen) atoms. The summed E-state index contributed by atoms with van der Waals surface area (Å²) in [5.41, 5.74) is 1.21. The summed E-state index contributed by atoms with van der Waals surface area (Å²) in [7, 11) is 0. The van der Waals surface area contributed by atoms with Gasteiger partial charge in [0.05, 0.1) is 0 Å². The summed E-state index contributed by atoms with van der Waals surface area (Å²) in [6.45, 7) is 4.73. The maximum absolute atomic E-state index is 11.6. The number of rotatable bonds is 3. The number of alkyl halides is 1. The average Bonchev–Trinajstić information content (AvgIpc) is 2.71. The molecule has 0 spiro atoms. The number of hydrogen-bond acceptors (Lipinski definition) is 2. The minimum absolute atomic E-state index is 0.0798. The lowest BCUT2D eigenvalue weighted by Crippen LogP contribution is -2.40. The van der Waals surface area contributed by atoms with Gasteiger partial charge in [-0.3, -0.25) is 4.79 Å². The normalized spacial score (nSPS) is 24.9. The third kappa shape index (κ3) is 2.96. The first-order valence-electron chi connectivity index (χ1n) is 6.34. The Morgan fingerprint density at radius 3 is 2.72 bits per heavy atom. The third-order valence-electron chi connectivity index (χ3n) is 3.37. The van der Waals surface area contributed by atoms with Crippen LogP contribution in [-0.4, -0.2) is 29.9 Å². The zero-order valence-corrected chi connectivity index (χ0v) is 11.5. The maximum Gasteiger partial charge on any atom is 0.238 e. The summed E-state index contributed by atoms with van der Waals surface area (Å²) >= 11 is 5.77. The zero-order chi connectivity index (χ0) is 13.1. The van der Waals surface area contributed by atoms with Crippen LogP contribution >= 0.6 is 11.6 Å². The summed E-state index contributed by atoms with van der Waals surface area (Å²) in [5, 5.41) is 2.53. The maximum atomic E-state index is 11.6. The smallest absolute Gasteiger partial charge is 0.238 e. The highest BCUT2D eigenvalue weighted by atomic mass is 35.5. The summed E-state index contributed by atoms with van der Waals surface area (Å²) in [6.07, 6.45) is 0.963. The third-order valence-corrected chi connectivity index (χ3v) is 3.57. The zero-order valence-electron chi connectivity index (χ0n) is 10.8. The summed E-state index contributed by atoms with van der Waals surface area (Å²) in [5.74, 6) is -0.0798. The van der Waals surface area contributed by atoms with Gasteiger partial charge in [-0.05, 0) is 32.4 Å². The van der Waals surface area contributed by atoms with Crippen molar-refractivity contribution in [1.82, 2.24) is 5.32 Å². The summed E-state index contributed by atoms with van der Waals surface area (Å²) in [4.78, 5) is 13.9. The largest absolute Gasteiger partial charge is 0.367 e. The number of halogens is 1. The molecular weight excluding hydrogens is 248 g/mol. The second-order valence-corrected chi connectivity index (χ2v) is 5.55. The molecule has 1 heterocycles. The van der Waals surface area contributed by atoms with E-state index < -0.39 is 5.38 Å². The van der Waals surface area contributed by atoms with Crippen LogP contribution in [0.3, 0.4) is 0 Å². The molecule has 0 bridgehead atoms. The molecule has 3 nitrogen and oxygen atoms in total. The minimum Gasteiger partial charge on any atom is -0.367 e. The number of amides is 1. The lowest BCUT2D eigenvalue weighted by molar-refractivity contribution is -0.121. The highest BCUT2D eigenvalue weighted by Crippen LogP contribution is 2.25. The molecule has 1 aromatic carbocycles. The average molecular weight is 267 g/mol. The van der Waals surface area contributed by atoms with Gasteiger partial charge < -0.3 is 10.2 Å². The Labute approximate surface area is 113 Å². The molecule has 98 valence electrons. The van der Waals surface area contributed by atoms with Crippen molar-refractivity contribution >= 4 is 23.2 Å². The number of carbonyl (C=O) groups excluding carboxylic acids is 1. The molecule has 1 saturated heterocycles. The molecule has 0 aromatic heterocycles. The van der Waals surface area contributed by atoms with Crippen molar-refractivity contribution in [3.05, 3.63) is 30.3 Å². The molecule has 4 heteroatoms. The highest BCUT2D eigenvalue weighted by Gasteiger charge is 2.30. The van der Waals surface area contributed by atoms with Gasteiger partial charge in [0.25, 0.3) is 0 Å². The molecule has 1 fully saturated rings. The Morgan fingerprint density at radius 2 is 2.11 bits per heavy atom. The van der Waals surface area contributed by atoms with Crippen LogP contribution in [0.5, 0.6) is 0 Å². The van der Waals surface area contributed by atoms with Gasteiger partial charge in [0, 0.05) is 24.3 Å². The van der Waals surface area contributed by atoms with E-state index in [1.54, 1.807) is 6.92 Å². The topological polar surface area (TPSA) is 32.3 Å². The van der Waals surface area contributed by atoms with Crippen LogP contribution in [0.1, 0.15) is 20.3 Å². The van der Waals surface area contributed by atoms with Gasteiger partial charge in [-0.25, -0.2) is 0 Å². The Kier molecular flexibility index (Phi) is 4.12. The molecule has 0 radical (unpaired) electrons. The van der Waals surface area contributed by atoms with Crippen LogP contribution in [-0.2, 0) is 4.79 Å². The monoisotopic (exact) mass is 266 g/mol. The molecule has 0 aliphatic carbocycles. The number of hydrogen-bond donors (Lipinski definition) is 1. The van der Waals surface area contributed by atoms with Crippen LogP contribution < -0.4 is 10.2 Å². The van der Waals surface area contributed by atoms with Crippen LogP contribution in [0, 0.1) is 0 Å². The molecule has 1 aliphatic rings. The quantitative estimate of drug-likeness (QED) is 0.852. The minimum atomic E-state index is -0.467. The Bertz CT molecular complexity index is 408. The van der Waals surface area contributed by atoms with Gasteiger partial charge >= 0.3 is 0 Å². The first-order chi connectivity index (χ1) is 8.58. The number of nitrogens with zero attached hydrogens (tertiary/aromatic N) is 1. The Balaban J connectivity index is 1.99. The lowest BCUT2D eigenvalue weighted by atomic mass is 10.2. The van der Waals surface area contributed by atoms with E-state index in [1.165, 1.54) is 5.69 Å². The fourth-order valence-corrected chi connectivity index (χ4v) is 2.49. The van der Waals surface area contributed by atoms with Crippen molar-refractivity contribution in [2.75, 3.05) is 11.4 Å². The molecule has 3 unspecified atom stereocenters. The summed E-state index contributed by atoms with van der Waals surface area (Å²) < 4.78 is 0. The van der Waals surface area contributed by atoms with Crippen molar-refractivity contribution < 1.29 is 4.79 Å². The highest BCUT2D eigenvalue weighted by molar-refractivity contribution is 6.30. The van der Waals surface area contributed by atoms with E-state index in [-0.39, 0.29) is 11.9 Å². The number of carbonyl (C=O) groups is 1. The standard InChI is InChI=1S/C14H19ClN2O/c1-10-8-12(16-14(18)11(2)15)9-17(10)13-6-4-3-5-7-13/h3-7,10-12H,8-9H2,1-2H3,(H,16,18). The SMILES string of the molecule is CC(Cl)C(=O)NC1CC(C)N(c2ccccc2)C1. The fourth-order valence-electron chi connectivity index (χ4n) is 2.43. The van der Waals surface area contributed by atoms with E-state index in [9.17, 15) is 4.79 Å². The van der Waals surface area contributed by atoms with Crippen molar-refractivity contribution in [3.63, 3.8) is 0 Å². The van der Waals surface area contributed by atoms with Crippen LogP contribution in [0.4, 0.5) is 5.69 Å². The second-order valence-electron chi connectivity index (χ2n) is 4.89. The van der Waals surface area contributed by atoms with Gasteiger partial charge in [-0.1, -0.05) is 18.2 Å². The van der Waals surface area contributed by atoms with Crippen molar-refractivity contribution in [2.45, 2.75) is 37.7 Å². The van der Waals surface area contributed by atoms with Gasteiger partial charge in [-0.2, -0.15) is 0 Å². The molecular formula is C14H19ClN2O. The number of benzene rings is 1. The van der Waals surface area contributed by atoms with Gasteiger partial charge in [-0.15, -0.1) is 11.6 Å². The van der Waals surface area contributed by atoms with E-state index in [0.717, 1.165) is 13.0 Å². The van der Waals surface area contributed by atoms with E-state index >= 15 is 0 Å².